The molecule has 0 aliphatic carbocycles. The zero-order valence-electron chi connectivity index (χ0n) is 8.09. The first-order valence-corrected chi connectivity index (χ1v) is 4.08. The molecule has 0 aliphatic heterocycles. The molecule has 0 aromatic heterocycles. The lowest BCUT2D eigenvalue weighted by Crippen LogP contribution is -2.44. The summed E-state index contributed by atoms with van der Waals surface area (Å²) in [4.78, 5) is 11.1. The maximum Gasteiger partial charge on any atom is 0.247 e. The maximum atomic E-state index is 11.1. The number of nitrogens with one attached hydrogen (secondary N) is 1. The largest absolute Gasteiger partial charge is 0.370 e. The number of hydrogen-bond donors (Lipinski definition) is 2. The molecule has 0 saturated carbocycles. The smallest absolute Gasteiger partial charge is 0.247 e. The van der Waals surface area contributed by atoms with E-state index in [1.165, 1.54) is 0 Å². The van der Waals surface area contributed by atoms with Gasteiger partial charge in [0, 0.05) is 6.54 Å². The van der Waals surface area contributed by atoms with Crippen LogP contribution in [0.15, 0.2) is 0 Å². The van der Waals surface area contributed by atoms with E-state index in [0.717, 1.165) is 0 Å². The Morgan fingerprint density at radius 1 is 1.69 bits per heavy atom. The second kappa shape index (κ2) is 5.57. The van der Waals surface area contributed by atoms with Crippen molar-refractivity contribution in [1.29, 1.82) is 0 Å². The third-order valence-corrected chi connectivity index (χ3v) is 1.31. The van der Waals surface area contributed by atoms with Gasteiger partial charge >= 0.3 is 0 Å². The monoisotopic (exact) mass is 184 g/mol. The standard InChI is InChI=1S/C9H16N2O2/c1-4-9(2,3)11-8(12)7-13-6-5-10/h1H,5-7,10H2,2-3H3,(H,11,12). The predicted octanol–water partition coefficient (Wildman–Crippen LogP) is -0.510. The second-order valence-corrected chi connectivity index (χ2v) is 3.16. The van der Waals surface area contributed by atoms with Crippen molar-refractivity contribution in [3.05, 3.63) is 0 Å². The summed E-state index contributed by atoms with van der Waals surface area (Å²) >= 11 is 0. The van der Waals surface area contributed by atoms with Gasteiger partial charge in [-0.2, -0.15) is 0 Å². The van der Waals surface area contributed by atoms with E-state index >= 15 is 0 Å². The quantitative estimate of drug-likeness (QED) is 0.447. The van der Waals surface area contributed by atoms with Crippen molar-refractivity contribution in [2.45, 2.75) is 19.4 Å². The van der Waals surface area contributed by atoms with Crippen LogP contribution in [0.3, 0.4) is 0 Å². The van der Waals surface area contributed by atoms with Gasteiger partial charge in [-0.25, -0.2) is 0 Å². The highest BCUT2D eigenvalue weighted by atomic mass is 16.5. The van der Waals surface area contributed by atoms with Crippen molar-refractivity contribution in [2.75, 3.05) is 19.8 Å². The molecule has 0 heterocycles. The van der Waals surface area contributed by atoms with Crippen molar-refractivity contribution < 1.29 is 9.53 Å². The summed E-state index contributed by atoms with van der Waals surface area (Å²) in [7, 11) is 0. The lowest BCUT2D eigenvalue weighted by Gasteiger charge is -2.19. The highest BCUT2D eigenvalue weighted by Gasteiger charge is 2.16. The summed E-state index contributed by atoms with van der Waals surface area (Å²) in [5, 5.41) is 2.62. The zero-order chi connectivity index (χ0) is 10.3. The Kier molecular flexibility index (Phi) is 5.12. The summed E-state index contributed by atoms with van der Waals surface area (Å²) in [6, 6.07) is 0. The van der Waals surface area contributed by atoms with E-state index in [-0.39, 0.29) is 12.5 Å². The average Bonchev–Trinajstić information content (AvgIpc) is 2.04. The molecule has 0 spiro atoms. The lowest BCUT2D eigenvalue weighted by atomic mass is 10.1. The normalized spacial score (nSPS) is 10.6. The Bertz CT molecular complexity index is 206. The molecular formula is C9H16N2O2. The van der Waals surface area contributed by atoms with Gasteiger partial charge in [0.15, 0.2) is 0 Å². The molecule has 4 heteroatoms. The van der Waals surface area contributed by atoms with Crippen molar-refractivity contribution in [3.63, 3.8) is 0 Å². The number of rotatable bonds is 5. The van der Waals surface area contributed by atoms with Crippen LogP contribution < -0.4 is 11.1 Å². The Morgan fingerprint density at radius 2 is 2.31 bits per heavy atom. The third kappa shape index (κ3) is 6.14. The fraction of sp³-hybridized carbons (Fsp3) is 0.667. The van der Waals surface area contributed by atoms with E-state index in [9.17, 15) is 4.79 Å². The molecule has 74 valence electrons. The number of amides is 1. The summed E-state index contributed by atoms with van der Waals surface area (Å²) in [5.41, 5.74) is 4.56. The van der Waals surface area contributed by atoms with Gasteiger partial charge in [0.1, 0.15) is 6.61 Å². The number of ether oxygens (including phenoxy) is 1. The predicted molar refractivity (Wildman–Crippen MR) is 50.9 cm³/mol. The highest BCUT2D eigenvalue weighted by Crippen LogP contribution is 1.97. The Morgan fingerprint density at radius 3 is 2.77 bits per heavy atom. The number of carbonyl (C=O) groups excluding carboxylic acids is 1. The van der Waals surface area contributed by atoms with E-state index in [4.69, 9.17) is 16.9 Å². The van der Waals surface area contributed by atoms with E-state index in [2.05, 4.69) is 11.2 Å². The summed E-state index contributed by atoms with van der Waals surface area (Å²) in [6.07, 6.45) is 5.18. The van der Waals surface area contributed by atoms with E-state index in [1.807, 2.05) is 0 Å². The Hall–Kier alpha value is -1.05. The van der Waals surface area contributed by atoms with Crippen LogP contribution in [-0.2, 0) is 9.53 Å². The van der Waals surface area contributed by atoms with Crippen LogP contribution in [0.5, 0.6) is 0 Å². The number of terminal acetylenes is 1. The number of hydrogen-bond acceptors (Lipinski definition) is 3. The van der Waals surface area contributed by atoms with Gasteiger partial charge in [-0.1, -0.05) is 5.92 Å². The van der Waals surface area contributed by atoms with Crippen LogP contribution in [0, 0.1) is 12.3 Å². The summed E-state index contributed by atoms with van der Waals surface area (Å²) in [6.45, 7) is 4.28. The van der Waals surface area contributed by atoms with E-state index < -0.39 is 5.54 Å². The third-order valence-electron chi connectivity index (χ3n) is 1.31. The first-order valence-electron chi connectivity index (χ1n) is 4.08. The Balaban J connectivity index is 3.70. The van der Waals surface area contributed by atoms with Crippen molar-refractivity contribution in [2.24, 2.45) is 5.73 Å². The van der Waals surface area contributed by atoms with E-state index in [1.54, 1.807) is 13.8 Å². The molecule has 0 saturated heterocycles. The SMILES string of the molecule is C#CC(C)(C)NC(=O)COCCN. The number of nitrogens with two attached hydrogens (primary N) is 1. The van der Waals surface area contributed by atoms with Crippen molar-refractivity contribution >= 4 is 5.91 Å². The molecule has 0 rings (SSSR count). The number of carbonyl (C=O) groups is 1. The van der Waals surface area contributed by atoms with E-state index in [0.29, 0.717) is 13.2 Å². The fourth-order valence-electron chi connectivity index (χ4n) is 0.669. The van der Waals surface area contributed by atoms with Gasteiger partial charge in [0.05, 0.1) is 12.1 Å². The van der Waals surface area contributed by atoms with Crippen LogP contribution in [-0.4, -0.2) is 31.2 Å². The zero-order valence-corrected chi connectivity index (χ0v) is 8.09. The van der Waals surface area contributed by atoms with Gasteiger partial charge < -0.3 is 15.8 Å². The minimum absolute atomic E-state index is 0.00229. The second-order valence-electron chi connectivity index (χ2n) is 3.16. The lowest BCUT2D eigenvalue weighted by molar-refractivity contribution is -0.126. The van der Waals surface area contributed by atoms with Gasteiger partial charge in [0.2, 0.25) is 5.91 Å². The van der Waals surface area contributed by atoms with Crippen LogP contribution in [0.25, 0.3) is 0 Å². The average molecular weight is 184 g/mol. The van der Waals surface area contributed by atoms with Gasteiger partial charge in [0.25, 0.3) is 0 Å². The molecule has 4 nitrogen and oxygen atoms in total. The molecule has 13 heavy (non-hydrogen) atoms. The highest BCUT2D eigenvalue weighted by molar-refractivity contribution is 5.78. The molecular weight excluding hydrogens is 168 g/mol. The molecule has 0 aromatic rings. The topological polar surface area (TPSA) is 64.3 Å². The first kappa shape index (κ1) is 11.9. The Labute approximate surface area is 78.8 Å². The minimum atomic E-state index is -0.622. The maximum absolute atomic E-state index is 11.1. The van der Waals surface area contributed by atoms with Crippen LogP contribution in [0.1, 0.15) is 13.8 Å². The van der Waals surface area contributed by atoms with Gasteiger partial charge in [-0.05, 0) is 13.8 Å². The molecule has 0 radical (unpaired) electrons. The molecule has 0 atom stereocenters. The van der Waals surface area contributed by atoms with Crippen LogP contribution >= 0.6 is 0 Å². The summed E-state index contributed by atoms with van der Waals surface area (Å²) < 4.78 is 4.93. The van der Waals surface area contributed by atoms with Crippen LogP contribution in [0.2, 0.25) is 0 Å². The molecule has 1 amide bonds. The molecule has 0 aliphatic rings. The van der Waals surface area contributed by atoms with Gasteiger partial charge in [-0.15, -0.1) is 6.42 Å². The fourth-order valence-corrected chi connectivity index (χ4v) is 0.669. The molecule has 0 unspecified atom stereocenters. The van der Waals surface area contributed by atoms with Crippen molar-refractivity contribution in [3.8, 4) is 12.3 Å². The molecule has 0 aromatic carbocycles. The van der Waals surface area contributed by atoms with Crippen molar-refractivity contribution in [1.82, 2.24) is 5.32 Å². The van der Waals surface area contributed by atoms with Gasteiger partial charge in [-0.3, -0.25) is 4.79 Å². The molecule has 0 fully saturated rings. The molecule has 3 N–H and O–H groups in total. The minimum Gasteiger partial charge on any atom is -0.370 e. The molecule has 0 bridgehead atoms. The van der Waals surface area contributed by atoms with Crippen LogP contribution in [0.4, 0.5) is 0 Å². The summed E-state index contributed by atoms with van der Waals surface area (Å²) in [5.74, 6) is 2.22. The first-order chi connectivity index (χ1) is 6.02.